The zero-order valence-electron chi connectivity index (χ0n) is 83.2. The van der Waals surface area contributed by atoms with Gasteiger partial charge in [-0.15, -0.1) is 0 Å². The van der Waals surface area contributed by atoms with Gasteiger partial charge >= 0.3 is 0 Å². The van der Waals surface area contributed by atoms with Crippen LogP contribution in [-0.2, 0) is 82.8 Å². The largest absolute Gasteiger partial charge is 0.255 e. The van der Waals surface area contributed by atoms with Crippen molar-refractivity contribution < 1.29 is 50.3 Å². The van der Waals surface area contributed by atoms with Crippen molar-refractivity contribution in [2.45, 2.75) is 157 Å². The van der Waals surface area contributed by atoms with Crippen LogP contribution < -0.4 is 0 Å². The molecular weight excluding hydrogens is 1870 g/mol. The number of hydrogen-bond donors (Lipinski definition) is 0. The molecule has 0 aliphatic heterocycles. The van der Waals surface area contributed by atoms with Crippen LogP contribution >= 0.6 is 0 Å². The van der Waals surface area contributed by atoms with E-state index >= 15 is 0 Å². The maximum absolute atomic E-state index is 4.48. The van der Waals surface area contributed by atoms with Gasteiger partial charge in [0, 0.05) is 194 Å². The molecule has 0 unspecified atom stereocenters. The summed E-state index contributed by atoms with van der Waals surface area (Å²) in [5.41, 5.74) is 25.5. The Morgan fingerprint density at radius 3 is 0.369 bits per heavy atom. The van der Waals surface area contributed by atoms with Gasteiger partial charge in [-0.1, -0.05) is 234 Å². The number of rotatable bonds is 6. The number of nitrogens with zero attached hydrogens (tertiary/aromatic N) is 18. The Morgan fingerprint density at radius 1 is 0.121 bits per heavy atom. The third kappa shape index (κ3) is 31.5. The van der Waals surface area contributed by atoms with Crippen molar-refractivity contribution in [3.05, 3.63) is 436 Å². The molecule has 0 amide bonds. The Hall–Kier alpha value is -14.6. The molecule has 717 valence electrons. The van der Waals surface area contributed by atoms with Gasteiger partial charge in [0.15, 0.2) is 0 Å². The minimum atomic E-state index is 0. The average Bonchev–Trinajstić information content (AvgIpc) is 0.813. The van der Waals surface area contributed by atoms with Crippen LogP contribution in [0, 0.1) is 0 Å². The van der Waals surface area contributed by atoms with E-state index in [4.69, 9.17) is 0 Å². The van der Waals surface area contributed by atoms with E-state index < -0.39 is 0 Å². The van der Waals surface area contributed by atoms with Gasteiger partial charge < -0.3 is 0 Å². The second-order valence-corrected chi connectivity index (χ2v) is 39.0. The SMILES string of the molecule is CC(C)(C)c1ccnc(-c2cc(C(C)(C)C)ccn2)c1.CC(C)(C)c1ccnc(-c2cc(C(C)(C)C)ccn2)c1.CC(C)(C)c1ccnc(-c2cc(C(C)(C)C)ccn2)c1.[Co].[Co].[Co].c1ccc(-c2ccccn2)nc1.c1ccc(-c2ccccn2)nc1.c1ccc(-c2ccccn2)nc1.c1cnc2c(c1)ccc1cccnc12.c1cnc2c(c1)ccc1cccnc12.c1cnc2c(c1)ccc1cccnc12. The van der Waals surface area contributed by atoms with Crippen molar-refractivity contribution in [1.82, 2.24) is 89.7 Å². The van der Waals surface area contributed by atoms with E-state index in [1.54, 1.807) is 74.4 Å². The van der Waals surface area contributed by atoms with Crippen LogP contribution in [0.25, 0.3) is 134 Å². The van der Waals surface area contributed by atoms with Gasteiger partial charge in [-0.2, -0.15) is 0 Å². The van der Waals surface area contributed by atoms with Gasteiger partial charge in [-0.3, -0.25) is 89.7 Å². The molecule has 0 spiro atoms. The molecule has 18 heterocycles. The molecule has 18 aromatic heterocycles. The second-order valence-electron chi connectivity index (χ2n) is 39.0. The van der Waals surface area contributed by atoms with E-state index in [0.717, 1.165) is 134 Å². The number of hydrogen-bond acceptors (Lipinski definition) is 18. The van der Waals surface area contributed by atoms with E-state index in [1.165, 1.54) is 33.4 Å². The van der Waals surface area contributed by atoms with E-state index in [-0.39, 0.29) is 82.8 Å². The number of aromatic nitrogens is 18. The number of benzene rings is 3. The molecule has 0 aliphatic rings. The fourth-order valence-electron chi connectivity index (χ4n) is 14.3. The second kappa shape index (κ2) is 50.9. The quantitative estimate of drug-likeness (QED) is 0.141. The zero-order chi connectivity index (χ0) is 97.7. The average molecular weight is 1990 g/mol. The van der Waals surface area contributed by atoms with Gasteiger partial charge in [0.2, 0.25) is 0 Å². The fourth-order valence-corrected chi connectivity index (χ4v) is 14.3. The molecule has 0 N–H and O–H groups in total. The molecule has 21 aromatic rings. The Kier molecular flexibility index (Phi) is 39.1. The van der Waals surface area contributed by atoms with Crippen molar-refractivity contribution >= 4 is 65.4 Å². The van der Waals surface area contributed by atoms with Crippen LogP contribution in [0.3, 0.4) is 0 Å². The van der Waals surface area contributed by atoms with E-state index in [1.807, 2.05) is 183 Å². The van der Waals surface area contributed by atoms with Crippen molar-refractivity contribution in [3.63, 3.8) is 0 Å². The molecule has 21 heteroatoms. The third-order valence-corrected chi connectivity index (χ3v) is 22.4. The van der Waals surface area contributed by atoms with Gasteiger partial charge in [-0.25, -0.2) is 0 Å². The molecule has 21 rings (SSSR count). The smallest absolute Gasteiger partial charge is 0.0964 e. The Labute approximate surface area is 860 Å². The summed E-state index contributed by atoms with van der Waals surface area (Å²) in [6.45, 7) is 39.8. The standard InChI is InChI=1S/3C18H24N2.3C12H8N2.3C10H8N2.3Co/c3*1-17(2,3)13-7-9-19-15(11-13)16-12-14(8-10-20-16)18(4,5)6;3*1-3-9-5-6-10-4-2-8-14-12(10)11(9)13-7-1;3*1-3-7-11-9(5-1)10-6-2-4-8-12-10;;;/h3*7-12H,1-6H3;3*1-8H;3*1-8H;;;. The predicted molar refractivity (Wildman–Crippen MR) is 568 cm³/mol. The summed E-state index contributed by atoms with van der Waals surface area (Å²) < 4.78 is 0. The van der Waals surface area contributed by atoms with Crippen molar-refractivity contribution in [3.8, 4) is 68.3 Å². The topological polar surface area (TPSA) is 232 Å². The maximum atomic E-state index is 4.48. The molecule has 141 heavy (non-hydrogen) atoms. The van der Waals surface area contributed by atoms with Crippen molar-refractivity contribution in [2.75, 3.05) is 0 Å². The first-order valence-corrected chi connectivity index (χ1v) is 46.3. The van der Waals surface area contributed by atoms with Crippen LogP contribution in [0.2, 0.25) is 0 Å². The summed E-state index contributed by atoms with van der Waals surface area (Å²) in [6.07, 6.45) is 32.7. The number of pyridine rings is 18. The van der Waals surface area contributed by atoms with Crippen LogP contribution in [0.15, 0.2) is 403 Å². The molecule has 0 fully saturated rings. The Morgan fingerprint density at radius 2 is 0.248 bits per heavy atom. The molecular formula is C120H120Co3N18. The maximum Gasteiger partial charge on any atom is 0.0964 e. The summed E-state index contributed by atoms with van der Waals surface area (Å²) in [5.74, 6) is 0. The molecule has 18 nitrogen and oxygen atoms in total. The van der Waals surface area contributed by atoms with Gasteiger partial charge in [-0.05, 0) is 248 Å². The predicted octanol–water partition coefficient (Wildman–Crippen LogP) is 29.0. The van der Waals surface area contributed by atoms with Crippen LogP contribution in [0.4, 0.5) is 0 Å². The van der Waals surface area contributed by atoms with Gasteiger partial charge in [0.1, 0.15) is 0 Å². The minimum absolute atomic E-state index is 0. The van der Waals surface area contributed by atoms with Crippen molar-refractivity contribution in [1.29, 1.82) is 0 Å². The van der Waals surface area contributed by atoms with Crippen LogP contribution in [0.5, 0.6) is 0 Å². The first-order valence-electron chi connectivity index (χ1n) is 46.3. The summed E-state index contributed by atoms with van der Waals surface area (Å²) >= 11 is 0. The number of fused-ring (bicyclic) bond motifs is 9. The summed E-state index contributed by atoms with van der Waals surface area (Å²) in [5, 5.41) is 6.83. The fraction of sp³-hybridized carbons (Fsp3) is 0.200. The molecule has 3 aromatic carbocycles. The first kappa shape index (κ1) is 108. The van der Waals surface area contributed by atoms with Crippen LogP contribution in [-0.4, -0.2) is 89.7 Å². The summed E-state index contributed by atoms with van der Waals surface area (Å²) in [6, 6.07) is 96.6. The Bertz CT molecular complexity index is 6320. The van der Waals surface area contributed by atoms with Crippen LogP contribution in [0.1, 0.15) is 158 Å². The zero-order valence-corrected chi connectivity index (χ0v) is 86.3. The summed E-state index contributed by atoms with van der Waals surface area (Å²) in [4.78, 5) is 78.1. The molecule has 3 radical (unpaired) electrons. The third-order valence-electron chi connectivity index (χ3n) is 22.4. The molecule has 0 atom stereocenters. The van der Waals surface area contributed by atoms with Crippen molar-refractivity contribution in [2.24, 2.45) is 0 Å². The Balaban J connectivity index is 0.000000164. The monoisotopic (exact) mass is 1990 g/mol. The van der Waals surface area contributed by atoms with E-state index in [0.29, 0.717) is 0 Å². The molecule has 0 aliphatic carbocycles. The van der Waals surface area contributed by atoms with E-state index in [2.05, 4.69) is 360 Å². The van der Waals surface area contributed by atoms with Gasteiger partial charge in [0.05, 0.1) is 101 Å². The normalized spacial score (nSPS) is 11.0. The van der Waals surface area contributed by atoms with Gasteiger partial charge in [0.25, 0.3) is 0 Å². The molecule has 0 bridgehead atoms. The first-order chi connectivity index (χ1) is 66.3. The summed E-state index contributed by atoms with van der Waals surface area (Å²) in [7, 11) is 0. The molecule has 0 saturated carbocycles. The molecule has 0 saturated heterocycles. The minimum Gasteiger partial charge on any atom is -0.255 e. The van der Waals surface area contributed by atoms with E-state index in [9.17, 15) is 0 Å².